The maximum Gasteiger partial charge on any atom is 0.231 e. The Labute approximate surface area is 147 Å². The molecule has 1 amide bonds. The molecule has 5 nitrogen and oxygen atoms in total. The van der Waals surface area contributed by atoms with Gasteiger partial charge in [0, 0.05) is 24.9 Å². The molecule has 0 radical (unpaired) electrons. The summed E-state index contributed by atoms with van der Waals surface area (Å²) in [5.74, 6) is 1.38. The van der Waals surface area contributed by atoms with E-state index in [1.807, 2.05) is 37.3 Å². The normalized spacial score (nSPS) is 12.0. The van der Waals surface area contributed by atoms with E-state index in [4.69, 9.17) is 9.47 Å². The molecule has 0 aromatic heterocycles. The molecule has 0 fully saturated rings. The van der Waals surface area contributed by atoms with Gasteiger partial charge in [-0.1, -0.05) is 35.9 Å². The minimum atomic E-state index is -0.110. The predicted molar refractivity (Wildman–Crippen MR) is 94.0 cm³/mol. The first-order chi connectivity index (χ1) is 12.1. The van der Waals surface area contributed by atoms with Crippen LogP contribution in [-0.4, -0.2) is 25.0 Å². The number of benzene rings is 2. The van der Waals surface area contributed by atoms with Gasteiger partial charge in [-0.05, 0) is 31.0 Å². The van der Waals surface area contributed by atoms with Crippen molar-refractivity contribution in [3.05, 3.63) is 59.2 Å². The van der Waals surface area contributed by atoms with Gasteiger partial charge in [-0.15, -0.1) is 0 Å². The number of amides is 1. The van der Waals surface area contributed by atoms with Gasteiger partial charge in [0.25, 0.3) is 0 Å². The molecule has 0 unspecified atom stereocenters. The molecule has 0 spiro atoms. The van der Waals surface area contributed by atoms with Gasteiger partial charge in [-0.3, -0.25) is 9.59 Å². The molecular weight excluding hydrogens is 318 g/mol. The van der Waals surface area contributed by atoms with Crippen LogP contribution in [0.3, 0.4) is 0 Å². The first-order valence-corrected chi connectivity index (χ1v) is 8.37. The smallest absolute Gasteiger partial charge is 0.231 e. The van der Waals surface area contributed by atoms with Crippen LogP contribution in [0.25, 0.3) is 0 Å². The van der Waals surface area contributed by atoms with Crippen molar-refractivity contribution in [1.29, 1.82) is 0 Å². The lowest BCUT2D eigenvalue weighted by molar-refractivity contribution is -0.121. The molecule has 1 aliphatic rings. The fourth-order valence-electron chi connectivity index (χ4n) is 2.64. The molecule has 0 saturated heterocycles. The summed E-state index contributed by atoms with van der Waals surface area (Å²) in [7, 11) is 0. The van der Waals surface area contributed by atoms with E-state index in [-0.39, 0.29) is 31.3 Å². The van der Waals surface area contributed by atoms with Crippen LogP contribution >= 0.6 is 0 Å². The van der Waals surface area contributed by atoms with Crippen LogP contribution in [0.4, 0.5) is 0 Å². The number of fused-ring (bicyclic) bond motifs is 1. The average molecular weight is 339 g/mol. The Morgan fingerprint density at radius 2 is 1.76 bits per heavy atom. The van der Waals surface area contributed by atoms with Crippen LogP contribution in [0.15, 0.2) is 42.5 Å². The molecule has 1 heterocycles. The van der Waals surface area contributed by atoms with E-state index < -0.39 is 0 Å². The Hall–Kier alpha value is -2.82. The summed E-state index contributed by atoms with van der Waals surface area (Å²) in [6.07, 6.45) is 1.13. The summed E-state index contributed by atoms with van der Waals surface area (Å²) in [6.45, 7) is 2.75. The topological polar surface area (TPSA) is 64.6 Å². The minimum absolute atomic E-state index is 0.00841. The molecule has 0 atom stereocenters. The largest absolute Gasteiger partial charge is 0.454 e. The third-order valence-corrected chi connectivity index (χ3v) is 4.13. The molecule has 0 saturated carbocycles. The van der Waals surface area contributed by atoms with Crippen molar-refractivity contribution in [2.75, 3.05) is 13.3 Å². The first-order valence-electron chi connectivity index (χ1n) is 8.37. The summed E-state index contributed by atoms with van der Waals surface area (Å²) < 4.78 is 10.6. The van der Waals surface area contributed by atoms with Crippen LogP contribution < -0.4 is 14.8 Å². The lowest BCUT2D eigenvalue weighted by Gasteiger charge is -2.06. The van der Waals surface area contributed by atoms with Crippen LogP contribution in [-0.2, 0) is 11.2 Å². The van der Waals surface area contributed by atoms with Crippen LogP contribution in [0.2, 0.25) is 0 Å². The van der Waals surface area contributed by atoms with Gasteiger partial charge in [-0.25, -0.2) is 0 Å². The van der Waals surface area contributed by atoms with Gasteiger partial charge in [0.15, 0.2) is 17.3 Å². The number of aryl methyl sites for hydroxylation is 1. The molecule has 2 aromatic carbocycles. The molecule has 2 aromatic rings. The molecular formula is C20H21NO4. The number of carbonyl (C=O) groups excluding carboxylic acids is 2. The Bertz CT molecular complexity index is 768. The number of carbonyl (C=O) groups is 2. The van der Waals surface area contributed by atoms with Crippen LogP contribution in [0.1, 0.15) is 34.3 Å². The van der Waals surface area contributed by atoms with E-state index in [9.17, 15) is 9.59 Å². The zero-order chi connectivity index (χ0) is 17.6. The fourth-order valence-corrected chi connectivity index (χ4v) is 2.64. The Morgan fingerprint density at radius 3 is 2.56 bits per heavy atom. The molecule has 5 heteroatoms. The van der Waals surface area contributed by atoms with Gasteiger partial charge in [-0.2, -0.15) is 0 Å². The molecule has 0 bridgehead atoms. The number of ether oxygens (including phenoxy) is 2. The second-order valence-corrected chi connectivity index (χ2v) is 6.08. The monoisotopic (exact) mass is 339 g/mol. The summed E-state index contributed by atoms with van der Waals surface area (Å²) in [4.78, 5) is 24.0. The maximum absolute atomic E-state index is 12.1. The predicted octanol–water partition coefficient (Wildman–Crippen LogP) is 3.05. The fraction of sp³-hybridized carbons (Fsp3) is 0.300. The number of hydrogen-bond donors (Lipinski definition) is 1. The van der Waals surface area contributed by atoms with Crippen LogP contribution in [0.5, 0.6) is 11.5 Å². The lowest BCUT2D eigenvalue weighted by Crippen LogP contribution is -2.26. The zero-order valence-corrected chi connectivity index (χ0v) is 14.2. The van der Waals surface area contributed by atoms with Crippen molar-refractivity contribution >= 4 is 11.7 Å². The highest BCUT2D eigenvalue weighted by molar-refractivity contribution is 5.97. The summed E-state index contributed by atoms with van der Waals surface area (Å²) >= 11 is 0. The van der Waals surface area contributed by atoms with Gasteiger partial charge in [0.2, 0.25) is 12.7 Å². The molecule has 1 N–H and O–H groups in total. The van der Waals surface area contributed by atoms with Crippen molar-refractivity contribution in [2.24, 2.45) is 0 Å². The second kappa shape index (κ2) is 7.83. The highest BCUT2D eigenvalue weighted by atomic mass is 16.7. The Morgan fingerprint density at radius 1 is 1.00 bits per heavy atom. The average Bonchev–Trinajstić information content (AvgIpc) is 3.08. The van der Waals surface area contributed by atoms with Crippen LogP contribution in [0, 0.1) is 6.92 Å². The second-order valence-electron chi connectivity index (χ2n) is 6.08. The van der Waals surface area contributed by atoms with E-state index in [1.54, 1.807) is 12.1 Å². The molecule has 25 heavy (non-hydrogen) atoms. The van der Waals surface area contributed by atoms with Gasteiger partial charge >= 0.3 is 0 Å². The SMILES string of the molecule is Cc1ccc(C(=O)CCC(=O)NCCc2ccc3c(c2)OCO3)cc1. The molecule has 3 rings (SSSR count). The van der Waals surface area contributed by atoms with E-state index in [0.717, 1.165) is 22.6 Å². The highest BCUT2D eigenvalue weighted by Gasteiger charge is 2.13. The highest BCUT2D eigenvalue weighted by Crippen LogP contribution is 2.32. The Balaban J connectivity index is 1.39. The standard InChI is InChI=1S/C20H21NO4/c1-14-2-5-16(6-3-14)17(22)7-9-20(23)21-11-10-15-4-8-18-19(12-15)25-13-24-18/h2-6,8,12H,7,9-11,13H2,1H3,(H,21,23). The lowest BCUT2D eigenvalue weighted by atomic mass is 10.0. The molecule has 0 aliphatic carbocycles. The van der Waals surface area contributed by atoms with Gasteiger partial charge in [0.1, 0.15) is 0 Å². The van der Waals surface area contributed by atoms with Crippen molar-refractivity contribution in [1.82, 2.24) is 5.32 Å². The number of rotatable bonds is 7. The quantitative estimate of drug-likeness (QED) is 0.788. The summed E-state index contributed by atoms with van der Waals surface area (Å²) in [5, 5.41) is 2.85. The number of hydrogen-bond acceptors (Lipinski definition) is 4. The van der Waals surface area contributed by atoms with Crippen molar-refractivity contribution in [2.45, 2.75) is 26.2 Å². The van der Waals surface area contributed by atoms with E-state index in [2.05, 4.69) is 5.32 Å². The van der Waals surface area contributed by atoms with Gasteiger partial charge in [0.05, 0.1) is 0 Å². The van der Waals surface area contributed by atoms with E-state index >= 15 is 0 Å². The molecule has 130 valence electrons. The van der Waals surface area contributed by atoms with E-state index in [0.29, 0.717) is 18.5 Å². The zero-order valence-electron chi connectivity index (χ0n) is 14.2. The van der Waals surface area contributed by atoms with Gasteiger partial charge < -0.3 is 14.8 Å². The van der Waals surface area contributed by atoms with Crippen molar-refractivity contribution in [3.63, 3.8) is 0 Å². The number of ketones is 1. The van der Waals surface area contributed by atoms with E-state index in [1.165, 1.54) is 0 Å². The number of nitrogens with one attached hydrogen (secondary N) is 1. The Kier molecular flexibility index (Phi) is 5.33. The molecule has 1 aliphatic heterocycles. The maximum atomic E-state index is 12.1. The minimum Gasteiger partial charge on any atom is -0.454 e. The summed E-state index contributed by atoms with van der Waals surface area (Å²) in [6, 6.07) is 13.2. The third kappa shape index (κ3) is 4.59. The van der Waals surface area contributed by atoms with Crippen molar-refractivity contribution < 1.29 is 19.1 Å². The third-order valence-electron chi connectivity index (χ3n) is 4.13. The summed E-state index contributed by atoms with van der Waals surface area (Å²) in [5.41, 5.74) is 2.83. The number of Topliss-reactive ketones (excluding diaryl/α,β-unsaturated/α-hetero) is 1. The first kappa shape index (κ1) is 17.0. The van der Waals surface area contributed by atoms with Crippen molar-refractivity contribution in [3.8, 4) is 11.5 Å².